The number of pyridine rings is 1. The lowest BCUT2D eigenvalue weighted by molar-refractivity contribution is -0.384. The molecule has 0 spiro atoms. The first-order valence-corrected chi connectivity index (χ1v) is 6.40. The second kappa shape index (κ2) is 6.65. The van der Waals surface area contributed by atoms with Crippen molar-refractivity contribution < 1.29 is 24.0 Å². The average molecular weight is 316 g/mol. The number of esters is 2. The van der Waals surface area contributed by atoms with Crippen LogP contribution in [0, 0.1) is 10.1 Å². The molecule has 0 aliphatic carbocycles. The van der Waals surface area contributed by atoms with Gasteiger partial charge in [-0.25, -0.2) is 14.6 Å². The first-order valence-electron chi connectivity index (χ1n) is 6.40. The van der Waals surface area contributed by atoms with Crippen molar-refractivity contribution in [3.05, 3.63) is 57.9 Å². The van der Waals surface area contributed by atoms with E-state index in [4.69, 9.17) is 0 Å². The molecular formula is C15H12N2O6. The maximum Gasteiger partial charge on any atom is 0.356 e. The summed E-state index contributed by atoms with van der Waals surface area (Å²) in [6.45, 7) is 0. The van der Waals surface area contributed by atoms with Crippen LogP contribution in [0.4, 0.5) is 5.69 Å². The van der Waals surface area contributed by atoms with Gasteiger partial charge in [-0.2, -0.15) is 0 Å². The average Bonchev–Trinajstić information content (AvgIpc) is 2.59. The van der Waals surface area contributed by atoms with Crippen molar-refractivity contribution in [1.82, 2.24) is 4.98 Å². The van der Waals surface area contributed by atoms with Crippen LogP contribution >= 0.6 is 0 Å². The summed E-state index contributed by atoms with van der Waals surface area (Å²) in [5.74, 6) is -1.44. The zero-order valence-corrected chi connectivity index (χ0v) is 12.3. The van der Waals surface area contributed by atoms with Gasteiger partial charge in [-0.15, -0.1) is 0 Å². The first-order chi connectivity index (χ1) is 11.0. The third kappa shape index (κ3) is 3.15. The molecule has 0 unspecified atom stereocenters. The van der Waals surface area contributed by atoms with E-state index in [1.807, 2.05) is 0 Å². The number of nitro groups is 1. The molecular weight excluding hydrogens is 304 g/mol. The lowest BCUT2D eigenvalue weighted by Gasteiger charge is -2.09. The van der Waals surface area contributed by atoms with Gasteiger partial charge >= 0.3 is 11.9 Å². The van der Waals surface area contributed by atoms with Crippen LogP contribution in [0.15, 0.2) is 36.5 Å². The van der Waals surface area contributed by atoms with Crippen molar-refractivity contribution in [3.8, 4) is 11.1 Å². The zero-order valence-electron chi connectivity index (χ0n) is 12.3. The van der Waals surface area contributed by atoms with Gasteiger partial charge in [0, 0.05) is 17.8 Å². The molecule has 0 aliphatic rings. The number of carbonyl (C=O) groups excluding carboxylic acids is 2. The van der Waals surface area contributed by atoms with Gasteiger partial charge in [0.2, 0.25) is 0 Å². The van der Waals surface area contributed by atoms with E-state index in [2.05, 4.69) is 14.5 Å². The van der Waals surface area contributed by atoms with Crippen molar-refractivity contribution in [2.75, 3.05) is 14.2 Å². The quantitative estimate of drug-likeness (QED) is 0.483. The van der Waals surface area contributed by atoms with Crippen LogP contribution in [-0.4, -0.2) is 36.1 Å². The summed E-state index contributed by atoms with van der Waals surface area (Å²) >= 11 is 0. The Morgan fingerprint density at radius 2 is 1.74 bits per heavy atom. The Morgan fingerprint density at radius 1 is 1.09 bits per heavy atom. The largest absolute Gasteiger partial charge is 0.465 e. The van der Waals surface area contributed by atoms with Crippen LogP contribution in [0.25, 0.3) is 11.1 Å². The molecule has 2 aromatic rings. The van der Waals surface area contributed by atoms with Crippen molar-refractivity contribution in [3.63, 3.8) is 0 Å². The minimum atomic E-state index is -0.721. The maximum absolute atomic E-state index is 11.9. The molecule has 1 heterocycles. The van der Waals surface area contributed by atoms with E-state index in [1.54, 1.807) is 6.07 Å². The van der Waals surface area contributed by atoms with E-state index in [-0.39, 0.29) is 28.1 Å². The van der Waals surface area contributed by atoms with E-state index >= 15 is 0 Å². The third-order valence-corrected chi connectivity index (χ3v) is 3.09. The Labute approximate surface area is 130 Å². The fraction of sp³-hybridized carbons (Fsp3) is 0.133. The third-order valence-electron chi connectivity index (χ3n) is 3.09. The van der Waals surface area contributed by atoms with E-state index in [0.29, 0.717) is 0 Å². The molecule has 0 saturated carbocycles. The number of nitrogens with zero attached hydrogens (tertiary/aromatic N) is 2. The van der Waals surface area contributed by atoms with Crippen LogP contribution in [0.1, 0.15) is 20.8 Å². The summed E-state index contributed by atoms with van der Waals surface area (Å²) in [5.41, 5.74) is 0.0624. The number of hydrogen-bond acceptors (Lipinski definition) is 7. The fourth-order valence-corrected chi connectivity index (χ4v) is 2.03. The molecule has 0 saturated heterocycles. The number of benzene rings is 1. The predicted octanol–water partition coefficient (Wildman–Crippen LogP) is 2.23. The molecule has 0 amide bonds. The molecule has 1 aromatic carbocycles. The van der Waals surface area contributed by atoms with Crippen molar-refractivity contribution >= 4 is 17.6 Å². The lowest BCUT2D eigenvalue weighted by atomic mass is 9.99. The Hall–Kier alpha value is -3.29. The molecule has 0 radical (unpaired) electrons. The Balaban J connectivity index is 2.74. The molecule has 1 aromatic heterocycles. The Bertz CT molecular complexity index is 787. The van der Waals surface area contributed by atoms with Gasteiger partial charge in [-0.1, -0.05) is 12.1 Å². The maximum atomic E-state index is 11.9. The normalized spacial score (nSPS) is 10.0. The minimum absolute atomic E-state index is 0.00875. The van der Waals surface area contributed by atoms with Crippen LogP contribution in [0.5, 0.6) is 0 Å². The Morgan fingerprint density at radius 3 is 2.35 bits per heavy atom. The van der Waals surface area contributed by atoms with Crippen LogP contribution in [-0.2, 0) is 9.47 Å². The van der Waals surface area contributed by atoms with Crippen molar-refractivity contribution in [2.45, 2.75) is 0 Å². The van der Waals surface area contributed by atoms with Gasteiger partial charge in [-0.3, -0.25) is 10.1 Å². The van der Waals surface area contributed by atoms with Gasteiger partial charge in [-0.05, 0) is 12.1 Å². The smallest absolute Gasteiger partial charge is 0.356 e. The predicted molar refractivity (Wildman–Crippen MR) is 79.0 cm³/mol. The summed E-state index contributed by atoms with van der Waals surface area (Å²) in [4.78, 5) is 38.0. The highest BCUT2D eigenvalue weighted by Gasteiger charge is 2.23. The number of aromatic nitrogens is 1. The van der Waals surface area contributed by atoms with E-state index in [0.717, 1.165) is 6.20 Å². The second-order valence-electron chi connectivity index (χ2n) is 4.37. The second-order valence-corrected chi connectivity index (χ2v) is 4.37. The van der Waals surface area contributed by atoms with Gasteiger partial charge < -0.3 is 9.47 Å². The van der Waals surface area contributed by atoms with Gasteiger partial charge in [0.15, 0.2) is 0 Å². The molecule has 8 nitrogen and oxygen atoms in total. The highest BCUT2D eigenvalue weighted by Crippen LogP contribution is 2.32. The van der Waals surface area contributed by atoms with Crippen molar-refractivity contribution in [1.29, 1.82) is 0 Å². The number of ether oxygens (including phenoxy) is 2. The standard InChI is InChI=1S/C15H12N2O6/c1-22-14(18)11-8-16-12(15(19)23-2)7-10(11)9-5-3-4-6-13(9)17(20)21/h3-8H,1-2H3. The monoisotopic (exact) mass is 316 g/mol. The van der Waals surface area contributed by atoms with Crippen molar-refractivity contribution in [2.24, 2.45) is 0 Å². The van der Waals surface area contributed by atoms with E-state index < -0.39 is 16.9 Å². The van der Waals surface area contributed by atoms with E-state index in [9.17, 15) is 19.7 Å². The summed E-state index contributed by atoms with van der Waals surface area (Å²) in [6.07, 6.45) is 1.13. The molecule has 2 rings (SSSR count). The van der Waals surface area contributed by atoms with Crippen LogP contribution < -0.4 is 0 Å². The molecule has 0 bridgehead atoms. The van der Waals surface area contributed by atoms with Crippen LogP contribution in [0.2, 0.25) is 0 Å². The lowest BCUT2D eigenvalue weighted by Crippen LogP contribution is -2.10. The number of rotatable bonds is 4. The topological polar surface area (TPSA) is 109 Å². The summed E-state index contributed by atoms with van der Waals surface area (Å²) in [6, 6.07) is 7.12. The molecule has 0 N–H and O–H groups in total. The molecule has 23 heavy (non-hydrogen) atoms. The highest BCUT2D eigenvalue weighted by molar-refractivity contribution is 6.00. The summed E-state index contributed by atoms with van der Waals surface area (Å²) < 4.78 is 9.24. The van der Waals surface area contributed by atoms with Gasteiger partial charge in [0.05, 0.1) is 30.3 Å². The minimum Gasteiger partial charge on any atom is -0.465 e. The number of methoxy groups -OCH3 is 2. The molecule has 8 heteroatoms. The molecule has 0 fully saturated rings. The number of carbonyl (C=O) groups is 2. The summed E-state index contributed by atoms with van der Waals surface area (Å²) in [7, 11) is 2.36. The first kappa shape index (κ1) is 16.1. The fourth-order valence-electron chi connectivity index (χ4n) is 2.03. The number of nitro benzene ring substituents is 1. The SMILES string of the molecule is COC(=O)c1cc(-c2ccccc2[N+](=O)[O-])c(C(=O)OC)cn1. The molecule has 0 aliphatic heterocycles. The van der Waals surface area contributed by atoms with Gasteiger partial charge in [0.1, 0.15) is 5.69 Å². The summed E-state index contributed by atoms with van der Waals surface area (Å²) in [5, 5.41) is 11.2. The highest BCUT2D eigenvalue weighted by atomic mass is 16.6. The molecule has 0 atom stereocenters. The Kier molecular flexibility index (Phi) is 4.65. The number of para-hydroxylation sites is 1. The van der Waals surface area contributed by atoms with Gasteiger partial charge in [0.25, 0.3) is 5.69 Å². The van der Waals surface area contributed by atoms with E-state index in [1.165, 1.54) is 38.5 Å². The number of hydrogen-bond donors (Lipinski definition) is 0. The molecule has 118 valence electrons. The van der Waals surface area contributed by atoms with Crippen LogP contribution in [0.3, 0.4) is 0 Å². The zero-order chi connectivity index (χ0) is 17.0.